The van der Waals surface area contributed by atoms with Crippen molar-refractivity contribution in [2.75, 3.05) is 26.8 Å². The number of phenolic OH excluding ortho intramolecular Hbond substituents is 1. The summed E-state index contributed by atoms with van der Waals surface area (Å²) in [5.74, 6) is 1.91. The normalized spacial score (nSPS) is 20.6. The monoisotopic (exact) mass is 380 g/mol. The van der Waals surface area contributed by atoms with Gasteiger partial charge in [-0.25, -0.2) is 0 Å². The molecule has 2 heterocycles. The lowest BCUT2D eigenvalue weighted by atomic mass is 10.0. The largest absolute Gasteiger partial charge is 0.504 e. The molecule has 2 aliphatic heterocycles. The molecule has 6 nitrogen and oxygen atoms in total. The van der Waals surface area contributed by atoms with Gasteiger partial charge in [0.05, 0.1) is 19.1 Å². The fraction of sp³-hybridized carbons (Fsp3) is 0.364. The first-order chi connectivity index (χ1) is 13.5. The number of rotatable bonds is 5. The highest BCUT2D eigenvalue weighted by Crippen LogP contribution is 2.31. The highest BCUT2D eigenvalue weighted by Gasteiger charge is 2.22. The van der Waals surface area contributed by atoms with Crippen molar-refractivity contribution in [3.63, 3.8) is 0 Å². The van der Waals surface area contributed by atoms with Gasteiger partial charge in [0.25, 0.3) is 0 Å². The molecule has 0 saturated carbocycles. The summed E-state index contributed by atoms with van der Waals surface area (Å²) in [6.45, 7) is 4.01. The molecule has 2 aromatic carbocycles. The van der Waals surface area contributed by atoms with Crippen molar-refractivity contribution in [1.82, 2.24) is 5.32 Å². The number of nitrogens with one attached hydrogen (secondary N) is 1. The highest BCUT2D eigenvalue weighted by molar-refractivity contribution is 5.78. The van der Waals surface area contributed by atoms with Crippen LogP contribution >= 0.6 is 0 Å². The van der Waals surface area contributed by atoms with Gasteiger partial charge in [0, 0.05) is 30.6 Å². The second-order valence-electron chi connectivity index (χ2n) is 7.46. The maximum atomic E-state index is 11.4. The zero-order valence-electron chi connectivity index (χ0n) is 16.1. The lowest BCUT2D eigenvalue weighted by molar-refractivity contribution is -0.119. The van der Waals surface area contributed by atoms with Crippen LogP contribution in [0.5, 0.6) is 17.2 Å². The summed E-state index contributed by atoms with van der Waals surface area (Å²) in [7, 11) is 1.53. The molecule has 2 aromatic rings. The standard InChI is InChI=1S/C22H24N2O4/c1-13-5-17-18(23-10-13)7-16(15-3-4-19(25)21(8-15)27-2)9-20(17)28-12-14-6-22(26)24-11-14/h3-5,7-9,13-14,25H,6,10-12H2,1-2H3,(H,24,26)/t13-,14+/m0/s1. The van der Waals surface area contributed by atoms with E-state index in [0.29, 0.717) is 31.2 Å². The molecular weight excluding hydrogens is 356 g/mol. The maximum Gasteiger partial charge on any atom is 0.220 e. The fourth-order valence-corrected chi connectivity index (χ4v) is 3.62. The van der Waals surface area contributed by atoms with Crippen molar-refractivity contribution in [3.8, 4) is 28.4 Å². The minimum absolute atomic E-state index is 0.0794. The molecule has 2 N–H and O–H groups in total. The van der Waals surface area contributed by atoms with Gasteiger partial charge in [0.1, 0.15) is 5.75 Å². The average Bonchev–Trinajstić information content (AvgIpc) is 3.11. The molecular formula is C22H24N2O4. The van der Waals surface area contributed by atoms with Crippen LogP contribution < -0.4 is 25.4 Å². The Hall–Kier alpha value is -3.02. The topological polar surface area (TPSA) is 80.2 Å². The van der Waals surface area contributed by atoms with Crippen LogP contribution in [0.25, 0.3) is 17.2 Å². The van der Waals surface area contributed by atoms with Gasteiger partial charge in [0.15, 0.2) is 11.5 Å². The third-order valence-corrected chi connectivity index (χ3v) is 5.17. The van der Waals surface area contributed by atoms with Crippen molar-refractivity contribution in [2.45, 2.75) is 13.3 Å². The number of carbonyl (C=O) groups excluding carboxylic acids is 1. The molecule has 28 heavy (non-hydrogen) atoms. The Morgan fingerprint density at radius 3 is 2.79 bits per heavy atom. The predicted octanol–water partition coefficient (Wildman–Crippen LogP) is 1.63. The Kier molecular flexibility index (Phi) is 4.94. The second-order valence-corrected chi connectivity index (χ2v) is 7.46. The van der Waals surface area contributed by atoms with Crippen molar-refractivity contribution >= 4 is 12.0 Å². The maximum absolute atomic E-state index is 11.4. The molecule has 0 bridgehead atoms. The van der Waals surface area contributed by atoms with Gasteiger partial charge in [-0.05, 0) is 41.3 Å². The fourth-order valence-electron chi connectivity index (χ4n) is 3.62. The zero-order chi connectivity index (χ0) is 19.7. The minimum atomic E-state index is 0.0794. The van der Waals surface area contributed by atoms with E-state index in [1.54, 1.807) is 12.1 Å². The van der Waals surface area contributed by atoms with Crippen molar-refractivity contribution in [2.24, 2.45) is 16.8 Å². The number of ether oxygens (including phenoxy) is 2. The van der Waals surface area contributed by atoms with Crippen molar-refractivity contribution < 1.29 is 19.4 Å². The predicted molar refractivity (Wildman–Crippen MR) is 106 cm³/mol. The molecule has 4 rings (SSSR count). The molecule has 6 heteroatoms. The molecule has 0 spiro atoms. The smallest absolute Gasteiger partial charge is 0.220 e. The number of carbonyl (C=O) groups is 1. The molecule has 0 unspecified atom stereocenters. The summed E-state index contributed by atoms with van der Waals surface area (Å²) in [6, 6.07) is 9.30. The number of hydrogen-bond donors (Lipinski definition) is 2. The minimum Gasteiger partial charge on any atom is -0.504 e. The SMILES string of the molecule is COc1cc(-c2cc(OC[C@H]3CNC(=O)C3)c3c(c2)=NC[C@@H](C)C=3)ccc1O. The van der Waals surface area contributed by atoms with Crippen molar-refractivity contribution in [3.05, 3.63) is 40.9 Å². The molecule has 146 valence electrons. The molecule has 2 atom stereocenters. The highest BCUT2D eigenvalue weighted by atomic mass is 16.5. The zero-order valence-corrected chi connectivity index (χ0v) is 16.1. The first-order valence-electron chi connectivity index (χ1n) is 9.50. The van der Waals surface area contributed by atoms with E-state index in [2.05, 4.69) is 18.3 Å². The third kappa shape index (κ3) is 3.67. The number of fused-ring (bicyclic) bond motifs is 1. The molecule has 1 amide bonds. The van der Waals surface area contributed by atoms with Crippen LogP contribution in [0.3, 0.4) is 0 Å². The molecule has 0 radical (unpaired) electrons. The molecule has 2 aliphatic rings. The van der Waals surface area contributed by atoms with E-state index < -0.39 is 0 Å². The number of benzene rings is 2. The van der Waals surface area contributed by atoms with Gasteiger partial charge in [0.2, 0.25) is 5.91 Å². The Labute approximate surface area is 163 Å². The van der Waals surface area contributed by atoms with Gasteiger partial charge in [-0.15, -0.1) is 0 Å². The number of methoxy groups -OCH3 is 1. The van der Waals surface area contributed by atoms with E-state index in [9.17, 15) is 9.90 Å². The van der Waals surface area contributed by atoms with Gasteiger partial charge >= 0.3 is 0 Å². The van der Waals surface area contributed by atoms with E-state index in [1.807, 2.05) is 18.2 Å². The molecule has 0 aromatic heterocycles. The van der Waals surface area contributed by atoms with Gasteiger partial charge in [-0.2, -0.15) is 0 Å². The number of aromatic hydroxyl groups is 1. The van der Waals surface area contributed by atoms with E-state index in [-0.39, 0.29) is 17.6 Å². The second kappa shape index (κ2) is 7.54. The van der Waals surface area contributed by atoms with Gasteiger partial charge in [-0.1, -0.05) is 19.1 Å². The Morgan fingerprint density at radius 2 is 2.04 bits per heavy atom. The molecule has 1 fully saturated rings. The lowest BCUT2D eigenvalue weighted by Gasteiger charge is -2.16. The van der Waals surface area contributed by atoms with Gasteiger partial charge < -0.3 is 19.9 Å². The van der Waals surface area contributed by atoms with E-state index in [0.717, 1.165) is 34.0 Å². The third-order valence-electron chi connectivity index (χ3n) is 5.17. The number of amides is 1. The molecule has 1 saturated heterocycles. The quantitative estimate of drug-likeness (QED) is 0.826. The van der Waals surface area contributed by atoms with Crippen LogP contribution in [0.15, 0.2) is 35.3 Å². The van der Waals surface area contributed by atoms with Crippen LogP contribution in [0.2, 0.25) is 0 Å². The molecule has 0 aliphatic carbocycles. The Morgan fingerprint density at radius 1 is 1.21 bits per heavy atom. The lowest BCUT2D eigenvalue weighted by Crippen LogP contribution is -2.33. The summed E-state index contributed by atoms with van der Waals surface area (Å²) in [4.78, 5) is 16.2. The first-order valence-corrected chi connectivity index (χ1v) is 9.50. The summed E-state index contributed by atoms with van der Waals surface area (Å²) in [5.41, 5.74) is 1.85. The number of phenols is 1. The number of nitrogens with zero attached hydrogens (tertiary/aromatic N) is 1. The average molecular weight is 380 g/mol. The van der Waals surface area contributed by atoms with E-state index >= 15 is 0 Å². The van der Waals surface area contributed by atoms with Gasteiger partial charge in [-0.3, -0.25) is 9.79 Å². The number of hydrogen-bond acceptors (Lipinski definition) is 5. The van der Waals surface area contributed by atoms with E-state index in [1.165, 1.54) is 7.11 Å². The van der Waals surface area contributed by atoms with Crippen LogP contribution in [-0.2, 0) is 4.79 Å². The van der Waals surface area contributed by atoms with Crippen molar-refractivity contribution in [1.29, 1.82) is 0 Å². The summed E-state index contributed by atoms with van der Waals surface area (Å²) in [5, 5.41) is 14.6. The van der Waals surface area contributed by atoms with Crippen LogP contribution in [-0.4, -0.2) is 37.8 Å². The Balaban J connectivity index is 1.73. The van der Waals surface area contributed by atoms with Crippen LogP contribution in [0.1, 0.15) is 13.3 Å². The first kappa shape index (κ1) is 18.3. The summed E-state index contributed by atoms with van der Waals surface area (Å²) in [6.07, 6.45) is 2.69. The van der Waals surface area contributed by atoms with E-state index in [4.69, 9.17) is 14.5 Å². The van der Waals surface area contributed by atoms with Crippen LogP contribution in [0.4, 0.5) is 0 Å². The van der Waals surface area contributed by atoms with Crippen LogP contribution in [0, 0.1) is 11.8 Å². The summed E-state index contributed by atoms with van der Waals surface area (Å²) >= 11 is 0. The Bertz CT molecular complexity index is 1030. The summed E-state index contributed by atoms with van der Waals surface area (Å²) < 4.78 is 11.4.